The molecular formula is C16H12N2O2. The highest BCUT2D eigenvalue weighted by molar-refractivity contribution is 5.93. The van der Waals surface area contributed by atoms with Gasteiger partial charge in [0.2, 0.25) is 0 Å². The molecule has 0 fully saturated rings. The third-order valence-electron chi connectivity index (χ3n) is 3.18. The first-order chi connectivity index (χ1) is 9.74. The summed E-state index contributed by atoms with van der Waals surface area (Å²) in [5, 5.41) is 9.87. The lowest BCUT2D eigenvalue weighted by Crippen LogP contribution is -1.99. The topological polar surface area (TPSA) is 63.1 Å². The van der Waals surface area contributed by atoms with Gasteiger partial charge in [-0.25, -0.2) is 14.8 Å². The Kier molecular flexibility index (Phi) is 3.13. The van der Waals surface area contributed by atoms with Crippen molar-refractivity contribution < 1.29 is 9.90 Å². The number of fused-ring (bicyclic) bond motifs is 1. The summed E-state index contributed by atoms with van der Waals surface area (Å²) in [4.78, 5) is 19.6. The number of rotatable bonds is 3. The highest BCUT2D eigenvalue weighted by Gasteiger charge is 2.09. The number of hydrogen-bond donors (Lipinski definition) is 1. The molecule has 4 nitrogen and oxygen atoms in total. The second-order valence-corrected chi connectivity index (χ2v) is 4.52. The van der Waals surface area contributed by atoms with Crippen LogP contribution in [0.15, 0.2) is 54.9 Å². The number of carbonyl (C=O) groups is 1. The fourth-order valence-corrected chi connectivity index (χ4v) is 2.17. The zero-order chi connectivity index (χ0) is 13.9. The predicted molar refractivity (Wildman–Crippen MR) is 75.7 cm³/mol. The van der Waals surface area contributed by atoms with E-state index >= 15 is 0 Å². The fourth-order valence-electron chi connectivity index (χ4n) is 2.17. The number of hydrogen-bond acceptors (Lipinski definition) is 3. The molecule has 4 heteroatoms. The number of carboxylic acid groups (broad SMARTS) is 1. The van der Waals surface area contributed by atoms with Gasteiger partial charge >= 0.3 is 5.97 Å². The van der Waals surface area contributed by atoms with Crippen LogP contribution in [-0.2, 0) is 6.42 Å². The molecule has 1 N–H and O–H groups in total. The molecule has 3 aromatic rings. The minimum absolute atomic E-state index is 0.251. The van der Waals surface area contributed by atoms with E-state index in [4.69, 9.17) is 5.11 Å². The van der Waals surface area contributed by atoms with E-state index in [1.165, 1.54) is 6.33 Å². The lowest BCUT2D eigenvalue weighted by atomic mass is 10.0. The number of aromatic carboxylic acids is 1. The summed E-state index contributed by atoms with van der Waals surface area (Å²) in [5.41, 5.74) is 2.98. The number of benzene rings is 2. The molecule has 0 aliphatic carbocycles. The van der Waals surface area contributed by atoms with Crippen LogP contribution in [0.5, 0.6) is 0 Å². The van der Waals surface area contributed by atoms with Gasteiger partial charge in [-0.05, 0) is 23.8 Å². The lowest BCUT2D eigenvalue weighted by Gasteiger charge is -2.06. The van der Waals surface area contributed by atoms with Gasteiger partial charge in [-0.15, -0.1) is 0 Å². The van der Waals surface area contributed by atoms with Crippen LogP contribution in [0.2, 0.25) is 0 Å². The Bertz CT molecular complexity index is 770. The van der Waals surface area contributed by atoms with Crippen LogP contribution in [0.1, 0.15) is 21.6 Å². The fraction of sp³-hybridized carbons (Fsp3) is 0.0625. The van der Waals surface area contributed by atoms with Crippen LogP contribution in [0, 0.1) is 0 Å². The molecule has 0 spiro atoms. The SMILES string of the molecule is O=C(O)c1ccc2ncnc(Cc3ccccc3)c2c1. The summed E-state index contributed by atoms with van der Waals surface area (Å²) in [6, 6.07) is 14.9. The molecule has 0 radical (unpaired) electrons. The van der Waals surface area contributed by atoms with Gasteiger partial charge in [-0.1, -0.05) is 30.3 Å². The zero-order valence-electron chi connectivity index (χ0n) is 10.7. The second kappa shape index (κ2) is 5.09. The Morgan fingerprint density at radius 2 is 1.85 bits per heavy atom. The van der Waals surface area contributed by atoms with Crippen LogP contribution in [0.4, 0.5) is 0 Å². The van der Waals surface area contributed by atoms with E-state index in [-0.39, 0.29) is 5.56 Å². The molecule has 0 aliphatic rings. The van der Waals surface area contributed by atoms with Crippen molar-refractivity contribution in [3.63, 3.8) is 0 Å². The van der Waals surface area contributed by atoms with Crippen molar-refractivity contribution in [2.45, 2.75) is 6.42 Å². The van der Waals surface area contributed by atoms with Crippen LogP contribution >= 0.6 is 0 Å². The quantitative estimate of drug-likeness (QED) is 0.790. The largest absolute Gasteiger partial charge is 0.478 e. The van der Waals surface area contributed by atoms with Gasteiger partial charge in [-0.3, -0.25) is 0 Å². The molecule has 0 saturated heterocycles. The van der Waals surface area contributed by atoms with Gasteiger partial charge in [0.25, 0.3) is 0 Å². The predicted octanol–water partition coefficient (Wildman–Crippen LogP) is 2.92. The van der Waals surface area contributed by atoms with E-state index in [0.29, 0.717) is 6.42 Å². The third kappa shape index (κ3) is 2.36. The van der Waals surface area contributed by atoms with Crippen LogP contribution < -0.4 is 0 Å². The van der Waals surface area contributed by atoms with E-state index in [2.05, 4.69) is 9.97 Å². The Balaban J connectivity index is 2.10. The molecule has 20 heavy (non-hydrogen) atoms. The first-order valence-electron chi connectivity index (χ1n) is 6.25. The number of nitrogens with zero attached hydrogens (tertiary/aromatic N) is 2. The summed E-state index contributed by atoms with van der Waals surface area (Å²) < 4.78 is 0. The summed E-state index contributed by atoms with van der Waals surface area (Å²) in [7, 11) is 0. The third-order valence-corrected chi connectivity index (χ3v) is 3.18. The molecular weight excluding hydrogens is 252 g/mol. The zero-order valence-corrected chi connectivity index (χ0v) is 10.7. The maximum Gasteiger partial charge on any atom is 0.335 e. The molecule has 1 aromatic heterocycles. The smallest absolute Gasteiger partial charge is 0.335 e. The molecule has 98 valence electrons. The molecule has 2 aromatic carbocycles. The lowest BCUT2D eigenvalue weighted by molar-refractivity contribution is 0.0697. The van der Waals surface area contributed by atoms with Crippen molar-refractivity contribution in [1.82, 2.24) is 9.97 Å². The standard InChI is InChI=1S/C16H12N2O2/c19-16(20)12-6-7-14-13(9-12)15(18-10-17-14)8-11-4-2-1-3-5-11/h1-7,9-10H,8H2,(H,19,20). The Morgan fingerprint density at radius 3 is 2.60 bits per heavy atom. The molecule has 0 unspecified atom stereocenters. The molecule has 3 rings (SSSR count). The minimum Gasteiger partial charge on any atom is -0.478 e. The van der Waals surface area contributed by atoms with Crippen LogP contribution in [0.25, 0.3) is 10.9 Å². The van der Waals surface area contributed by atoms with E-state index in [1.807, 2.05) is 30.3 Å². The van der Waals surface area contributed by atoms with Gasteiger partial charge in [0.1, 0.15) is 6.33 Å². The maximum atomic E-state index is 11.1. The van der Waals surface area contributed by atoms with Gasteiger partial charge in [0.15, 0.2) is 0 Å². The Labute approximate surface area is 115 Å². The molecule has 0 amide bonds. The van der Waals surface area contributed by atoms with Crippen LogP contribution in [0.3, 0.4) is 0 Å². The van der Waals surface area contributed by atoms with Crippen molar-refractivity contribution in [3.8, 4) is 0 Å². The molecule has 1 heterocycles. The first-order valence-corrected chi connectivity index (χ1v) is 6.25. The average Bonchev–Trinajstić information content (AvgIpc) is 2.48. The Hall–Kier alpha value is -2.75. The van der Waals surface area contributed by atoms with Crippen molar-refractivity contribution in [2.75, 3.05) is 0 Å². The van der Waals surface area contributed by atoms with Gasteiger partial charge in [0, 0.05) is 11.8 Å². The molecule has 0 saturated carbocycles. The van der Waals surface area contributed by atoms with Crippen molar-refractivity contribution in [1.29, 1.82) is 0 Å². The summed E-state index contributed by atoms with van der Waals surface area (Å²) in [6.45, 7) is 0. The number of aromatic nitrogens is 2. The normalized spacial score (nSPS) is 10.6. The van der Waals surface area contributed by atoms with Gasteiger partial charge in [0.05, 0.1) is 16.8 Å². The summed E-state index contributed by atoms with van der Waals surface area (Å²) in [5.74, 6) is -0.943. The highest BCUT2D eigenvalue weighted by Crippen LogP contribution is 2.19. The van der Waals surface area contributed by atoms with Crippen LogP contribution in [-0.4, -0.2) is 21.0 Å². The van der Waals surface area contributed by atoms with E-state index in [0.717, 1.165) is 22.2 Å². The van der Waals surface area contributed by atoms with Crippen molar-refractivity contribution >= 4 is 16.9 Å². The molecule has 0 bridgehead atoms. The van der Waals surface area contributed by atoms with E-state index < -0.39 is 5.97 Å². The summed E-state index contributed by atoms with van der Waals surface area (Å²) >= 11 is 0. The first kappa shape index (κ1) is 12.3. The number of carboxylic acids is 1. The van der Waals surface area contributed by atoms with Crippen molar-refractivity contribution in [3.05, 3.63) is 71.7 Å². The average molecular weight is 264 g/mol. The molecule has 0 aliphatic heterocycles. The molecule has 0 atom stereocenters. The van der Waals surface area contributed by atoms with E-state index in [1.54, 1.807) is 18.2 Å². The second-order valence-electron chi connectivity index (χ2n) is 4.52. The van der Waals surface area contributed by atoms with Crippen molar-refractivity contribution in [2.24, 2.45) is 0 Å². The highest BCUT2D eigenvalue weighted by atomic mass is 16.4. The van der Waals surface area contributed by atoms with E-state index in [9.17, 15) is 4.79 Å². The van der Waals surface area contributed by atoms with Gasteiger partial charge in [-0.2, -0.15) is 0 Å². The van der Waals surface area contributed by atoms with Gasteiger partial charge < -0.3 is 5.11 Å². The maximum absolute atomic E-state index is 11.1. The summed E-state index contributed by atoms with van der Waals surface area (Å²) in [6.07, 6.45) is 2.17. The Morgan fingerprint density at radius 1 is 1.05 bits per heavy atom. The minimum atomic E-state index is -0.943. The monoisotopic (exact) mass is 264 g/mol.